The van der Waals surface area contributed by atoms with E-state index in [-0.39, 0.29) is 0 Å². The van der Waals surface area contributed by atoms with E-state index in [0.29, 0.717) is 11.1 Å². The maximum atomic E-state index is 12.7. The number of aryl methyl sites for hydroxylation is 1. The number of halogens is 1. The first kappa shape index (κ1) is 10.6. The lowest BCUT2D eigenvalue weighted by molar-refractivity contribution is 0.0523. The molecule has 3 nitrogen and oxygen atoms in total. The van der Waals surface area contributed by atoms with Crippen LogP contribution in [0.2, 0.25) is 0 Å². The Morgan fingerprint density at radius 1 is 1.43 bits per heavy atom. The third-order valence-corrected chi connectivity index (χ3v) is 1.98. The van der Waals surface area contributed by atoms with Gasteiger partial charge in [0.25, 0.3) is 0 Å². The van der Waals surface area contributed by atoms with Crippen LogP contribution in [0.1, 0.15) is 17.2 Å². The molecule has 2 atom stereocenters. The Bertz CT molecular complexity index is 373. The van der Waals surface area contributed by atoms with Gasteiger partial charge in [0, 0.05) is 0 Å². The third kappa shape index (κ3) is 2.08. The summed E-state index contributed by atoms with van der Waals surface area (Å²) >= 11 is 0. The highest BCUT2D eigenvalue weighted by Crippen LogP contribution is 2.21. The summed E-state index contributed by atoms with van der Waals surface area (Å²) in [5.74, 6) is -0.412. The Balaban J connectivity index is 3.03. The van der Waals surface area contributed by atoms with Gasteiger partial charge in [-0.1, -0.05) is 6.07 Å². The number of hydrogen-bond donors (Lipinski definition) is 2. The topological polar surface area (TPSA) is 64.2 Å². The van der Waals surface area contributed by atoms with Crippen LogP contribution in [0.15, 0.2) is 18.2 Å². The highest BCUT2D eigenvalue weighted by atomic mass is 19.1. The molecule has 0 bridgehead atoms. The molecule has 0 saturated carbocycles. The van der Waals surface area contributed by atoms with E-state index >= 15 is 0 Å². The Morgan fingerprint density at radius 3 is 2.57 bits per heavy atom. The number of nitrogens with zero attached hydrogens (tertiary/aromatic N) is 1. The van der Waals surface area contributed by atoms with Crippen molar-refractivity contribution in [3.8, 4) is 6.07 Å². The van der Waals surface area contributed by atoms with Gasteiger partial charge in [0.1, 0.15) is 11.9 Å². The van der Waals surface area contributed by atoms with Crippen molar-refractivity contribution in [1.82, 2.24) is 0 Å². The first-order chi connectivity index (χ1) is 6.56. The van der Waals surface area contributed by atoms with Crippen LogP contribution < -0.4 is 0 Å². The second-order valence-corrected chi connectivity index (χ2v) is 3.02. The van der Waals surface area contributed by atoms with Gasteiger partial charge in [0.15, 0.2) is 6.10 Å². The smallest absolute Gasteiger partial charge is 0.170 e. The third-order valence-electron chi connectivity index (χ3n) is 1.98. The molecule has 1 aromatic carbocycles. The lowest BCUT2D eigenvalue weighted by atomic mass is 10.00. The molecule has 1 aromatic rings. The molecule has 74 valence electrons. The van der Waals surface area contributed by atoms with Gasteiger partial charge in [-0.3, -0.25) is 0 Å². The molecular weight excluding hydrogens is 185 g/mol. The summed E-state index contributed by atoms with van der Waals surface area (Å²) in [6.45, 7) is 1.60. The lowest BCUT2D eigenvalue weighted by Crippen LogP contribution is -2.16. The van der Waals surface area contributed by atoms with Crippen molar-refractivity contribution in [2.75, 3.05) is 0 Å². The molecule has 0 radical (unpaired) electrons. The van der Waals surface area contributed by atoms with Crippen LogP contribution in [-0.2, 0) is 0 Å². The molecule has 0 aliphatic rings. The van der Waals surface area contributed by atoms with Crippen LogP contribution >= 0.6 is 0 Å². The van der Waals surface area contributed by atoms with Gasteiger partial charge in [-0.05, 0) is 30.2 Å². The van der Waals surface area contributed by atoms with Crippen LogP contribution in [0.4, 0.5) is 4.39 Å². The molecule has 0 spiro atoms. The van der Waals surface area contributed by atoms with Crippen LogP contribution in [0.5, 0.6) is 0 Å². The van der Waals surface area contributed by atoms with E-state index < -0.39 is 18.0 Å². The Labute approximate surface area is 81.0 Å². The maximum Gasteiger partial charge on any atom is 0.170 e. The summed E-state index contributed by atoms with van der Waals surface area (Å²) in [7, 11) is 0. The van der Waals surface area contributed by atoms with E-state index in [0.717, 1.165) is 0 Å². The molecule has 0 heterocycles. The molecule has 14 heavy (non-hydrogen) atoms. The van der Waals surface area contributed by atoms with E-state index in [1.54, 1.807) is 6.92 Å². The second-order valence-electron chi connectivity index (χ2n) is 3.02. The van der Waals surface area contributed by atoms with Crippen LogP contribution in [-0.4, -0.2) is 16.3 Å². The molecule has 2 N–H and O–H groups in total. The van der Waals surface area contributed by atoms with Crippen molar-refractivity contribution >= 4 is 0 Å². The molecule has 0 aromatic heterocycles. The minimum Gasteiger partial charge on any atom is -0.385 e. The number of hydrogen-bond acceptors (Lipinski definition) is 3. The van der Waals surface area contributed by atoms with Crippen molar-refractivity contribution in [3.63, 3.8) is 0 Å². The lowest BCUT2D eigenvalue weighted by Gasteiger charge is -2.14. The summed E-state index contributed by atoms with van der Waals surface area (Å²) in [6, 6.07) is 5.29. The van der Waals surface area contributed by atoms with Crippen LogP contribution in [0, 0.1) is 24.1 Å². The molecular formula is C10H10FNO2. The molecule has 0 aliphatic carbocycles. The Hall–Kier alpha value is -1.44. The minimum absolute atomic E-state index is 0.362. The molecule has 0 saturated heterocycles. The van der Waals surface area contributed by atoms with Crippen molar-refractivity contribution in [2.45, 2.75) is 19.1 Å². The van der Waals surface area contributed by atoms with Crippen molar-refractivity contribution in [3.05, 3.63) is 35.1 Å². The molecule has 4 heteroatoms. The highest BCUT2D eigenvalue weighted by molar-refractivity contribution is 5.30. The highest BCUT2D eigenvalue weighted by Gasteiger charge is 2.19. The van der Waals surface area contributed by atoms with Gasteiger partial charge in [0.2, 0.25) is 0 Å². The minimum atomic E-state index is -1.49. The standard InChI is InChI=1S/C10H10FNO2/c1-6-4-7(11)2-3-8(6)10(14)9(13)5-12/h2-4,9-10,13-14H,1H3. The predicted molar refractivity (Wildman–Crippen MR) is 47.7 cm³/mol. The van der Waals surface area contributed by atoms with E-state index in [4.69, 9.17) is 10.4 Å². The van der Waals surface area contributed by atoms with Gasteiger partial charge < -0.3 is 10.2 Å². The molecule has 1 rings (SSSR count). The summed E-state index contributed by atoms with van der Waals surface area (Å²) < 4.78 is 12.7. The second kappa shape index (κ2) is 4.18. The number of aliphatic hydroxyl groups excluding tert-OH is 2. The Kier molecular flexibility index (Phi) is 3.18. The van der Waals surface area contributed by atoms with E-state index in [9.17, 15) is 9.50 Å². The van der Waals surface area contributed by atoms with Gasteiger partial charge in [-0.25, -0.2) is 4.39 Å². The van der Waals surface area contributed by atoms with Gasteiger partial charge >= 0.3 is 0 Å². The van der Waals surface area contributed by atoms with Crippen molar-refractivity contribution < 1.29 is 14.6 Å². The SMILES string of the molecule is Cc1cc(F)ccc1C(O)C(O)C#N. The van der Waals surface area contributed by atoms with Gasteiger partial charge in [-0.2, -0.15) is 5.26 Å². The summed E-state index contributed by atoms with van der Waals surface area (Å²) in [5, 5.41) is 26.9. The fourth-order valence-electron chi connectivity index (χ4n) is 1.21. The largest absolute Gasteiger partial charge is 0.385 e. The van der Waals surface area contributed by atoms with E-state index in [2.05, 4.69) is 0 Å². The number of benzene rings is 1. The summed E-state index contributed by atoms with van der Waals surface area (Å²) in [5.41, 5.74) is 0.868. The molecule has 2 unspecified atom stereocenters. The average Bonchev–Trinajstić information content (AvgIpc) is 2.15. The Morgan fingerprint density at radius 2 is 2.07 bits per heavy atom. The normalized spacial score (nSPS) is 14.5. The summed E-state index contributed by atoms with van der Waals surface area (Å²) in [4.78, 5) is 0. The zero-order chi connectivity index (χ0) is 10.7. The van der Waals surface area contributed by atoms with Crippen molar-refractivity contribution in [2.24, 2.45) is 0 Å². The molecule has 0 aliphatic heterocycles. The predicted octanol–water partition coefficient (Wildman–Crippen LogP) is 1.05. The fourth-order valence-corrected chi connectivity index (χ4v) is 1.21. The molecule has 0 amide bonds. The zero-order valence-corrected chi connectivity index (χ0v) is 7.61. The van der Waals surface area contributed by atoms with Crippen molar-refractivity contribution in [1.29, 1.82) is 5.26 Å². The maximum absolute atomic E-state index is 12.7. The fraction of sp³-hybridized carbons (Fsp3) is 0.300. The van der Waals surface area contributed by atoms with Gasteiger partial charge in [-0.15, -0.1) is 0 Å². The van der Waals surface area contributed by atoms with E-state index in [1.807, 2.05) is 0 Å². The first-order valence-electron chi connectivity index (χ1n) is 4.08. The number of rotatable bonds is 2. The average molecular weight is 195 g/mol. The quantitative estimate of drug-likeness (QED) is 0.693. The molecule has 0 fully saturated rings. The summed E-state index contributed by atoms with van der Waals surface area (Å²) in [6.07, 6.45) is -2.78. The van der Waals surface area contributed by atoms with Crippen LogP contribution in [0.3, 0.4) is 0 Å². The first-order valence-corrected chi connectivity index (χ1v) is 4.08. The van der Waals surface area contributed by atoms with E-state index in [1.165, 1.54) is 24.3 Å². The number of nitriles is 1. The van der Waals surface area contributed by atoms with Gasteiger partial charge in [0.05, 0.1) is 6.07 Å². The monoisotopic (exact) mass is 195 g/mol. The number of aliphatic hydroxyl groups is 2. The zero-order valence-electron chi connectivity index (χ0n) is 7.61. The van der Waals surface area contributed by atoms with Crippen LogP contribution in [0.25, 0.3) is 0 Å².